The summed E-state index contributed by atoms with van der Waals surface area (Å²) in [7, 11) is 0. The topological polar surface area (TPSA) is 63.6 Å². The van der Waals surface area contributed by atoms with Crippen LogP contribution in [0.5, 0.6) is 0 Å². The third-order valence-electron chi connectivity index (χ3n) is 2.68. The number of hydrogen-bond acceptors (Lipinski definition) is 3. The predicted octanol–water partition coefficient (Wildman–Crippen LogP) is 2.39. The molecule has 0 spiro atoms. The summed E-state index contributed by atoms with van der Waals surface area (Å²) < 4.78 is 1.84. The van der Waals surface area contributed by atoms with Crippen LogP contribution < -0.4 is 5.56 Å². The van der Waals surface area contributed by atoms with E-state index < -0.39 is 0 Å². The standard InChI is InChI=1S/C13H9BrN4O/c14-11-12(9-4-2-1-3-5-9)17-18(13(11)19)10-8-15-6-7-16-10/h1-8,17H. The molecule has 0 saturated carbocycles. The molecule has 0 saturated heterocycles. The van der Waals surface area contributed by atoms with Gasteiger partial charge in [-0.2, -0.15) is 4.68 Å². The summed E-state index contributed by atoms with van der Waals surface area (Å²) in [6, 6.07) is 9.61. The number of hydrogen-bond donors (Lipinski definition) is 1. The van der Waals surface area contributed by atoms with Gasteiger partial charge >= 0.3 is 0 Å². The van der Waals surface area contributed by atoms with E-state index in [4.69, 9.17) is 0 Å². The highest BCUT2D eigenvalue weighted by Crippen LogP contribution is 2.23. The molecule has 0 unspecified atom stereocenters. The maximum atomic E-state index is 12.2. The normalized spacial score (nSPS) is 10.6. The van der Waals surface area contributed by atoms with Gasteiger partial charge < -0.3 is 0 Å². The molecule has 0 bridgehead atoms. The van der Waals surface area contributed by atoms with E-state index in [0.717, 1.165) is 11.3 Å². The fraction of sp³-hybridized carbons (Fsp3) is 0. The first-order valence-electron chi connectivity index (χ1n) is 5.59. The van der Waals surface area contributed by atoms with E-state index in [0.29, 0.717) is 10.3 Å². The van der Waals surface area contributed by atoms with E-state index >= 15 is 0 Å². The fourth-order valence-corrected chi connectivity index (χ4v) is 2.28. The average Bonchev–Trinajstić information content (AvgIpc) is 2.77. The van der Waals surface area contributed by atoms with Crippen LogP contribution in [0.3, 0.4) is 0 Å². The summed E-state index contributed by atoms with van der Waals surface area (Å²) >= 11 is 3.32. The monoisotopic (exact) mass is 316 g/mol. The van der Waals surface area contributed by atoms with Crippen molar-refractivity contribution in [2.75, 3.05) is 0 Å². The van der Waals surface area contributed by atoms with Crippen LogP contribution in [0.25, 0.3) is 17.1 Å². The minimum Gasteiger partial charge on any atom is -0.288 e. The minimum atomic E-state index is -0.195. The Morgan fingerprint density at radius 3 is 2.63 bits per heavy atom. The average molecular weight is 317 g/mol. The molecule has 0 fully saturated rings. The zero-order valence-electron chi connectivity index (χ0n) is 9.75. The Morgan fingerprint density at radius 1 is 1.16 bits per heavy atom. The van der Waals surface area contributed by atoms with E-state index in [1.54, 1.807) is 12.4 Å². The first-order valence-corrected chi connectivity index (χ1v) is 6.39. The first-order chi connectivity index (χ1) is 9.27. The van der Waals surface area contributed by atoms with Gasteiger partial charge in [-0.1, -0.05) is 30.3 Å². The van der Waals surface area contributed by atoms with E-state index in [-0.39, 0.29) is 5.56 Å². The van der Waals surface area contributed by atoms with Crippen molar-refractivity contribution in [1.29, 1.82) is 0 Å². The molecule has 0 aliphatic carbocycles. The lowest BCUT2D eigenvalue weighted by atomic mass is 10.2. The zero-order chi connectivity index (χ0) is 13.2. The Labute approximate surface area is 117 Å². The van der Waals surface area contributed by atoms with Gasteiger partial charge in [0.15, 0.2) is 5.82 Å². The molecule has 3 aromatic rings. The van der Waals surface area contributed by atoms with Gasteiger partial charge in [0.1, 0.15) is 4.47 Å². The number of H-pyrrole nitrogens is 1. The Morgan fingerprint density at radius 2 is 1.95 bits per heavy atom. The maximum Gasteiger partial charge on any atom is 0.287 e. The second-order valence-electron chi connectivity index (χ2n) is 3.87. The molecule has 6 heteroatoms. The Hall–Kier alpha value is -2.21. The van der Waals surface area contributed by atoms with Crippen LogP contribution in [0.1, 0.15) is 0 Å². The molecule has 2 heterocycles. The Bertz CT molecular complexity index is 749. The number of aromatic amines is 1. The summed E-state index contributed by atoms with van der Waals surface area (Å²) in [6.07, 6.45) is 4.63. The van der Waals surface area contributed by atoms with Gasteiger partial charge in [0.05, 0.1) is 11.9 Å². The summed E-state index contributed by atoms with van der Waals surface area (Å²) in [5.74, 6) is 0.454. The van der Waals surface area contributed by atoms with E-state index in [2.05, 4.69) is 31.0 Å². The van der Waals surface area contributed by atoms with Crippen LogP contribution in [0.15, 0.2) is 58.2 Å². The molecule has 3 rings (SSSR count). The van der Waals surface area contributed by atoms with Crippen LogP contribution in [-0.4, -0.2) is 19.7 Å². The molecule has 1 N–H and O–H groups in total. The number of benzene rings is 1. The molecule has 0 aliphatic heterocycles. The third kappa shape index (κ3) is 2.10. The van der Waals surface area contributed by atoms with Crippen molar-refractivity contribution in [1.82, 2.24) is 19.7 Å². The van der Waals surface area contributed by atoms with Crippen molar-refractivity contribution in [3.63, 3.8) is 0 Å². The van der Waals surface area contributed by atoms with Crippen LogP contribution in [0, 0.1) is 0 Å². The summed E-state index contributed by atoms with van der Waals surface area (Å²) in [6.45, 7) is 0. The van der Waals surface area contributed by atoms with Gasteiger partial charge in [0.2, 0.25) is 0 Å². The predicted molar refractivity (Wildman–Crippen MR) is 75.1 cm³/mol. The van der Waals surface area contributed by atoms with Crippen molar-refractivity contribution in [2.45, 2.75) is 0 Å². The van der Waals surface area contributed by atoms with Crippen molar-refractivity contribution < 1.29 is 0 Å². The first kappa shape index (κ1) is 11.9. The van der Waals surface area contributed by atoms with Crippen LogP contribution >= 0.6 is 15.9 Å². The van der Waals surface area contributed by atoms with Crippen LogP contribution in [0.4, 0.5) is 0 Å². The number of nitrogens with one attached hydrogen (secondary N) is 1. The highest BCUT2D eigenvalue weighted by Gasteiger charge is 2.14. The summed E-state index contributed by atoms with van der Waals surface area (Å²) in [4.78, 5) is 20.2. The summed E-state index contributed by atoms with van der Waals surface area (Å²) in [5, 5.41) is 3.04. The molecule has 94 valence electrons. The Kier molecular flexibility index (Phi) is 3.00. The van der Waals surface area contributed by atoms with Gasteiger partial charge in [-0.05, 0) is 15.9 Å². The molecule has 0 aliphatic rings. The number of rotatable bonds is 2. The number of nitrogens with zero attached hydrogens (tertiary/aromatic N) is 3. The van der Waals surface area contributed by atoms with Crippen molar-refractivity contribution >= 4 is 15.9 Å². The quantitative estimate of drug-likeness (QED) is 0.789. The van der Waals surface area contributed by atoms with Gasteiger partial charge in [-0.3, -0.25) is 14.9 Å². The van der Waals surface area contributed by atoms with Gasteiger partial charge in [0, 0.05) is 18.0 Å². The van der Waals surface area contributed by atoms with E-state index in [1.807, 2.05) is 30.3 Å². The smallest absolute Gasteiger partial charge is 0.287 e. The third-order valence-corrected chi connectivity index (χ3v) is 3.41. The number of halogens is 1. The molecular formula is C13H9BrN4O. The van der Waals surface area contributed by atoms with E-state index in [1.165, 1.54) is 10.9 Å². The van der Waals surface area contributed by atoms with Crippen LogP contribution in [-0.2, 0) is 0 Å². The van der Waals surface area contributed by atoms with Gasteiger partial charge in [0.25, 0.3) is 5.56 Å². The highest BCUT2D eigenvalue weighted by molar-refractivity contribution is 9.10. The molecule has 0 radical (unpaired) electrons. The van der Waals surface area contributed by atoms with Crippen molar-refractivity contribution in [2.24, 2.45) is 0 Å². The molecule has 0 amide bonds. The lowest BCUT2D eigenvalue weighted by Gasteiger charge is -2.00. The minimum absolute atomic E-state index is 0.195. The highest BCUT2D eigenvalue weighted by atomic mass is 79.9. The fourth-order valence-electron chi connectivity index (χ4n) is 1.78. The molecule has 0 atom stereocenters. The lowest BCUT2D eigenvalue weighted by Crippen LogP contribution is -2.15. The van der Waals surface area contributed by atoms with E-state index in [9.17, 15) is 4.79 Å². The zero-order valence-corrected chi connectivity index (χ0v) is 11.3. The SMILES string of the molecule is O=c1c(Br)c(-c2ccccc2)[nH]n1-c1cnccn1. The van der Waals surface area contributed by atoms with Crippen LogP contribution in [0.2, 0.25) is 0 Å². The van der Waals surface area contributed by atoms with Gasteiger partial charge in [-0.15, -0.1) is 0 Å². The van der Waals surface area contributed by atoms with Crippen molar-refractivity contribution in [3.8, 4) is 17.1 Å². The summed E-state index contributed by atoms with van der Waals surface area (Å²) in [5.41, 5.74) is 1.45. The Balaban J connectivity index is 2.19. The lowest BCUT2D eigenvalue weighted by molar-refractivity contribution is 0.813. The second kappa shape index (κ2) is 4.81. The number of aromatic nitrogens is 4. The molecule has 1 aromatic carbocycles. The largest absolute Gasteiger partial charge is 0.288 e. The molecule has 5 nitrogen and oxygen atoms in total. The van der Waals surface area contributed by atoms with Gasteiger partial charge in [-0.25, -0.2) is 4.98 Å². The molecular weight excluding hydrogens is 308 g/mol. The van der Waals surface area contributed by atoms with Crippen molar-refractivity contribution in [3.05, 3.63) is 63.7 Å². The second-order valence-corrected chi connectivity index (χ2v) is 4.66. The molecule has 19 heavy (non-hydrogen) atoms. The molecule has 2 aromatic heterocycles. The maximum absolute atomic E-state index is 12.2.